The van der Waals surface area contributed by atoms with Crippen molar-refractivity contribution >= 4 is 38.6 Å². The highest BCUT2D eigenvalue weighted by Crippen LogP contribution is 2.32. The van der Waals surface area contributed by atoms with Crippen LogP contribution in [0.2, 0.25) is 0 Å². The number of carbonyl (C=O) groups is 1. The smallest absolute Gasteiger partial charge is 0.275 e. The molecule has 4 rings (SSSR count). The number of anilines is 2. The van der Waals surface area contributed by atoms with Crippen molar-refractivity contribution in [3.63, 3.8) is 0 Å². The maximum Gasteiger partial charge on any atom is 0.275 e. The molecule has 0 atom stereocenters. The zero-order valence-electron chi connectivity index (χ0n) is 17.0. The van der Waals surface area contributed by atoms with Crippen molar-refractivity contribution < 1.29 is 17.9 Å². The normalized spacial score (nSPS) is 11.0. The Morgan fingerprint density at radius 2 is 1.66 bits per heavy atom. The van der Waals surface area contributed by atoms with Crippen LogP contribution in [0.3, 0.4) is 0 Å². The summed E-state index contributed by atoms with van der Waals surface area (Å²) in [6, 6.07) is 22.0. The molecule has 7 nitrogen and oxygen atoms in total. The number of ether oxygens (including phenoxy) is 1. The molecule has 0 aliphatic heterocycles. The topological polar surface area (TPSA) is 97.4 Å². The minimum atomic E-state index is -3.73. The Labute approximate surface area is 189 Å². The number of amides is 1. The Hall–Kier alpha value is -3.69. The van der Waals surface area contributed by atoms with Gasteiger partial charge in [0.2, 0.25) is 0 Å². The number of thiazole rings is 1. The van der Waals surface area contributed by atoms with Crippen molar-refractivity contribution in [2.75, 3.05) is 17.1 Å². The first kappa shape index (κ1) is 21.5. The third-order valence-corrected chi connectivity index (χ3v) is 6.77. The molecule has 1 heterocycles. The van der Waals surface area contributed by atoms with Crippen molar-refractivity contribution in [3.05, 3.63) is 89.9 Å². The van der Waals surface area contributed by atoms with Crippen LogP contribution >= 0.6 is 11.3 Å². The predicted octanol–water partition coefficient (Wildman–Crippen LogP) is 4.87. The van der Waals surface area contributed by atoms with Gasteiger partial charge in [0.15, 0.2) is 0 Å². The number of benzene rings is 3. The molecule has 0 spiro atoms. The maximum absolute atomic E-state index is 12.7. The second kappa shape index (κ2) is 9.21. The molecule has 0 fully saturated rings. The first-order valence-electron chi connectivity index (χ1n) is 9.54. The molecular formula is C23H19N3O4S2. The fourth-order valence-corrected chi connectivity index (χ4v) is 4.89. The highest BCUT2D eigenvalue weighted by molar-refractivity contribution is 7.92. The Balaban J connectivity index is 1.50. The van der Waals surface area contributed by atoms with Crippen molar-refractivity contribution in [2.24, 2.45) is 0 Å². The lowest BCUT2D eigenvalue weighted by molar-refractivity contribution is 0.102. The van der Waals surface area contributed by atoms with Crippen molar-refractivity contribution in [2.45, 2.75) is 4.90 Å². The molecule has 9 heteroatoms. The molecule has 2 N–H and O–H groups in total. The molecule has 162 valence electrons. The average molecular weight is 466 g/mol. The highest BCUT2D eigenvalue weighted by Gasteiger charge is 2.16. The largest absolute Gasteiger partial charge is 0.496 e. The molecule has 0 aliphatic rings. The van der Waals surface area contributed by atoms with Gasteiger partial charge in [-0.15, -0.1) is 11.3 Å². The molecule has 0 saturated heterocycles. The molecule has 0 unspecified atom stereocenters. The van der Waals surface area contributed by atoms with Crippen LogP contribution in [-0.2, 0) is 10.0 Å². The number of hydrogen-bond acceptors (Lipinski definition) is 6. The molecule has 0 saturated carbocycles. The van der Waals surface area contributed by atoms with Gasteiger partial charge in [0, 0.05) is 11.1 Å². The number of nitrogens with zero attached hydrogens (tertiary/aromatic N) is 1. The molecule has 1 amide bonds. The van der Waals surface area contributed by atoms with Crippen molar-refractivity contribution in [3.8, 4) is 16.3 Å². The molecule has 3 aromatic carbocycles. The first-order chi connectivity index (χ1) is 15.5. The van der Waals surface area contributed by atoms with Crippen LogP contribution in [0, 0.1) is 0 Å². The van der Waals surface area contributed by atoms with E-state index in [0.29, 0.717) is 22.1 Å². The predicted molar refractivity (Wildman–Crippen MR) is 126 cm³/mol. The highest BCUT2D eigenvalue weighted by atomic mass is 32.2. The minimum absolute atomic E-state index is 0.154. The number of sulfonamides is 1. The first-order valence-corrected chi connectivity index (χ1v) is 11.9. The monoisotopic (exact) mass is 465 g/mol. The summed E-state index contributed by atoms with van der Waals surface area (Å²) in [7, 11) is -2.15. The van der Waals surface area contributed by atoms with Crippen LogP contribution in [0.25, 0.3) is 10.6 Å². The molecule has 1 aromatic heterocycles. The number of para-hydroxylation sites is 1. The number of nitrogens with one attached hydrogen (secondary N) is 2. The lowest BCUT2D eigenvalue weighted by atomic mass is 10.2. The van der Waals surface area contributed by atoms with Gasteiger partial charge in [0.25, 0.3) is 15.9 Å². The molecule has 32 heavy (non-hydrogen) atoms. The van der Waals surface area contributed by atoms with Crippen LogP contribution in [-0.4, -0.2) is 26.4 Å². The molecule has 0 radical (unpaired) electrons. The van der Waals surface area contributed by atoms with Crippen molar-refractivity contribution in [1.82, 2.24) is 4.98 Å². The van der Waals surface area contributed by atoms with Crippen LogP contribution in [0.1, 0.15) is 10.5 Å². The zero-order valence-corrected chi connectivity index (χ0v) is 18.6. The number of methoxy groups -OCH3 is 1. The van der Waals surface area contributed by atoms with Gasteiger partial charge < -0.3 is 10.1 Å². The average Bonchev–Trinajstić information content (AvgIpc) is 3.30. The van der Waals surface area contributed by atoms with E-state index in [-0.39, 0.29) is 10.6 Å². The van der Waals surface area contributed by atoms with Crippen molar-refractivity contribution in [1.29, 1.82) is 0 Å². The quantitative estimate of drug-likeness (QED) is 0.406. The summed E-state index contributed by atoms with van der Waals surface area (Å²) in [5, 5.41) is 5.09. The van der Waals surface area contributed by atoms with Crippen LogP contribution < -0.4 is 14.8 Å². The van der Waals surface area contributed by atoms with Gasteiger partial charge in [-0.2, -0.15) is 0 Å². The van der Waals surface area contributed by atoms with E-state index in [0.717, 1.165) is 5.56 Å². The fraction of sp³-hybridized carbons (Fsp3) is 0.0435. The van der Waals surface area contributed by atoms with Gasteiger partial charge in [0.05, 0.1) is 23.3 Å². The van der Waals surface area contributed by atoms with E-state index in [9.17, 15) is 13.2 Å². The van der Waals surface area contributed by atoms with E-state index in [4.69, 9.17) is 4.74 Å². The van der Waals surface area contributed by atoms with Gasteiger partial charge in [-0.05, 0) is 42.5 Å². The van der Waals surface area contributed by atoms with E-state index in [1.807, 2.05) is 24.3 Å². The summed E-state index contributed by atoms with van der Waals surface area (Å²) in [5.74, 6) is 0.276. The second-order valence-electron chi connectivity index (χ2n) is 6.69. The summed E-state index contributed by atoms with van der Waals surface area (Å²) in [6.07, 6.45) is 0. The third-order valence-electron chi connectivity index (χ3n) is 4.50. The Morgan fingerprint density at radius 3 is 2.44 bits per heavy atom. The summed E-state index contributed by atoms with van der Waals surface area (Å²) >= 11 is 1.34. The van der Waals surface area contributed by atoms with E-state index >= 15 is 0 Å². The second-order valence-corrected chi connectivity index (χ2v) is 9.23. The lowest BCUT2D eigenvalue weighted by Gasteiger charge is -2.10. The van der Waals surface area contributed by atoms with E-state index < -0.39 is 15.9 Å². The number of hydrogen-bond donors (Lipinski definition) is 2. The zero-order chi connectivity index (χ0) is 22.6. The lowest BCUT2D eigenvalue weighted by Crippen LogP contribution is -2.14. The van der Waals surface area contributed by atoms with Crippen LogP contribution in [0.15, 0.2) is 89.1 Å². The van der Waals surface area contributed by atoms with E-state index in [1.165, 1.54) is 23.5 Å². The van der Waals surface area contributed by atoms with Gasteiger partial charge in [0.1, 0.15) is 16.5 Å². The molecule has 0 aliphatic carbocycles. The molecule has 4 aromatic rings. The standard InChI is InChI=1S/C23H19N3O4S2/c1-30-21-13-6-5-12-19(21)23-25-20(15-31-23)22(27)24-16-8-7-9-17(14-16)26-32(28,29)18-10-3-2-4-11-18/h2-15,26H,1H3,(H,24,27). The van der Waals surface area contributed by atoms with Crippen LogP contribution in [0.5, 0.6) is 5.75 Å². The van der Waals surface area contributed by atoms with Gasteiger partial charge in [-0.3, -0.25) is 9.52 Å². The summed E-state index contributed by atoms with van der Waals surface area (Å²) in [4.78, 5) is 17.3. The van der Waals surface area contributed by atoms with Gasteiger partial charge in [-0.1, -0.05) is 36.4 Å². The Bertz CT molecular complexity index is 1350. The third kappa shape index (κ3) is 4.79. The summed E-state index contributed by atoms with van der Waals surface area (Å²) in [6.45, 7) is 0. The van der Waals surface area contributed by atoms with Gasteiger partial charge >= 0.3 is 0 Å². The Kier molecular flexibility index (Phi) is 6.20. The number of aromatic nitrogens is 1. The summed E-state index contributed by atoms with van der Waals surface area (Å²) < 4.78 is 32.9. The minimum Gasteiger partial charge on any atom is -0.496 e. The molecule has 0 bridgehead atoms. The fourth-order valence-electron chi connectivity index (χ4n) is 2.99. The van der Waals surface area contributed by atoms with E-state index in [2.05, 4.69) is 15.0 Å². The van der Waals surface area contributed by atoms with E-state index in [1.54, 1.807) is 55.0 Å². The SMILES string of the molecule is COc1ccccc1-c1nc(C(=O)Nc2cccc(NS(=O)(=O)c3ccccc3)c2)cs1. The summed E-state index contributed by atoms with van der Waals surface area (Å²) in [5.41, 5.74) is 1.83. The Morgan fingerprint density at radius 1 is 0.938 bits per heavy atom. The molecular weight excluding hydrogens is 446 g/mol. The number of rotatable bonds is 7. The van der Waals surface area contributed by atoms with Gasteiger partial charge in [-0.25, -0.2) is 13.4 Å². The number of carbonyl (C=O) groups excluding carboxylic acids is 1. The van der Waals surface area contributed by atoms with Crippen LogP contribution in [0.4, 0.5) is 11.4 Å². The maximum atomic E-state index is 12.7.